The van der Waals surface area contributed by atoms with Crippen LogP contribution in [-0.2, 0) is 0 Å². The van der Waals surface area contributed by atoms with E-state index in [0.29, 0.717) is 27.6 Å². The van der Waals surface area contributed by atoms with E-state index in [9.17, 15) is 20.4 Å². The Hall–Kier alpha value is -6.20. The van der Waals surface area contributed by atoms with Gasteiger partial charge in [0.05, 0.1) is 7.11 Å². The summed E-state index contributed by atoms with van der Waals surface area (Å²) in [6.45, 7) is 5.92. The molecule has 0 radical (unpaired) electrons. The number of aromatic hydroxyl groups is 4. The first-order valence-electron chi connectivity index (χ1n) is 16.2. The van der Waals surface area contributed by atoms with Gasteiger partial charge in [0.2, 0.25) is 0 Å². The molecule has 0 aliphatic rings. The second-order valence-electron chi connectivity index (χ2n) is 12.9. The van der Waals surface area contributed by atoms with Gasteiger partial charge in [-0.15, -0.1) is 0 Å². The molecule has 0 aliphatic heterocycles. The molecule has 5 heteroatoms. The fourth-order valence-electron chi connectivity index (χ4n) is 7.83. The third kappa shape index (κ3) is 4.61. The summed E-state index contributed by atoms with van der Waals surface area (Å²) >= 11 is 0. The van der Waals surface area contributed by atoms with Crippen LogP contribution in [0.4, 0.5) is 0 Å². The lowest BCUT2D eigenvalue weighted by Gasteiger charge is -2.25. The molecule has 8 aromatic carbocycles. The number of ether oxygens (including phenoxy) is 1. The van der Waals surface area contributed by atoms with Gasteiger partial charge in [-0.25, -0.2) is 0 Å². The minimum Gasteiger partial charge on any atom is -0.508 e. The number of phenols is 4. The van der Waals surface area contributed by atoms with E-state index in [0.717, 1.165) is 65.9 Å². The molecular formula is C44H34O5. The van der Waals surface area contributed by atoms with Gasteiger partial charge < -0.3 is 25.2 Å². The molecule has 0 bridgehead atoms. The topological polar surface area (TPSA) is 90.2 Å². The fourth-order valence-corrected chi connectivity index (χ4v) is 7.83. The lowest BCUT2D eigenvalue weighted by atomic mass is 9.80. The number of benzene rings is 8. The molecule has 8 rings (SSSR count). The zero-order valence-corrected chi connectivity index (χ0v) is 27.6. The lowest BCUT2D eigenvalue weighted by Crippen LogP contribution is -1.99. The first kappa shape index (κ1) is 30.2. The van der Waals surface area contributed by atoms with E-state index in [2.05, 4.69) is 66.7 Å². The summed E-state index contributed by atoms with van der Waals surface area (Å²) in [6.07, 6.45) is 0. The Morgan fingerprint density at radius 3 is 1.82 bits per heavy atom. The standard InChI is InChI=1S/C44H34O5/c1-23-17-25(3)44(49-4)42-38(23)39(29-20-30(45)22-31(46)21-29)37-24(2)18-36(47)43(48)41(37)40(42)35-14-8-12-33-32(11-7-13-34(33)35)28-16-15-26-9-5-6-10-27(26)19-28/h5-22,45-48H,1-4H3. The average Bonchev–Trinajstić information content (AvgIpc) is 3.08. The zero-order valence-electron chi connectivity index (χ0n) is 27.6. The van der Waals surface area contributed by atoms with Gasteiger partial charge in [-0.05, 0) is 122 Å². The van der Waals surface area contributed by atoms with E-state index in [1.54, 1.807) is 25.3 Å². The summed E-state index contributed by atoms with van der Waals surface area (Å²) < 4.78 is 6.17. The highest BCUT2D eigenvalue weighted by atomic mass is 16.5. The van der Waals surface area contributed by atoms with Crippen molar-refractivity contribution in [3.8, 4) is 62.1 Å². The summed E-state index contributed by atoms with van der Waals surface area (Å²) in [5, 5.41) is 51.4. The molecule has 8 aromatic rings. The predicted molar refractivity (Wildman–Crippen MR) is 200 cm³/mol. The lowest BCUT2D eigenvalue weighted by molar-refractivity contribution is 0.408. The smallest absolute Gasteiger partial charge is 0.166 e. The third-order valence-electron chi connectivity index (χ3n) is 9.79. The summed E-state index contributed by atoms with van der Waals surface area (Å²) in [5.74, 6) is -0.0463. The zero-order chi connectivity index (χ0) is 34.1. The van der Waals surface area contributed by atoms with E-state index < -0.39 is 0 Å². The minimum absolute atomic E-state index is 0.0898. The second-order valence-corrected chi connectivity index (χ2v) is 12.9. The Morgan fingerprint density at radius 2 is 1.10 bits per heavy atom. The van der Waals surface area contributed by atoms with Crippen LogP contribution in [0.5, 0.6) is 28.7 Å². The van der Waals surface area contributed by atoms with Crippen molar-refractivity contribution in [3.63, 3.8) is 0 Å². The van der Waals surface area contributed by atoms with Crippen LogP contribution in [0.1, 0.15) is 16.7 Å². The monoisotopic (exact) mass is 642 g/mol. The van der Waals surface area contributed by atoms with Crippen LogP contribution >= 0.6 is 0 Å². The number of rotatable bonds is 4. The van der Waals surface area contributed by atoms with Gasteiger partial charge in [-0.2, -0.15) is 0 Å². The Kier molecular flexibility index (Phi) is 6.90. The molecule has 0 spiro atoms. The van der Waals surface area contributed by atoms with Gasteiger partial charge in [0, 0.05) is 22.4 Å². The van der Waals surface area contributed by atoms with Gasteiger partial charge in [-0.1, -0.05) is 78.9 Å². The van der Waals surface area contributed by atoms with E-state index in [1.807, 2.05) is 39.0 Å². The summed E-state index contributed by atoms with van der Waals surface area (Å²) in [5.41, 5.74) is 7.62. The molecule has 49 heavy (non-hydrogen) atoms. The van der Waals surface area contributed by atoms with E-state index in [-0.39, 0.29) is 23.0 Å². The van der Waals surface area contributed by atoms with Crippen LogP contribution in [0.25, 0.3) is 76.5 Å². The molecule has 0 amide bonds. The van der Waals surface area contributed by atoms with Crippen LogP contribution in [0.2, 0.25) is 0 Å². The number of hydrogen-bond acceptors (Lipinski definition) is 5. The first-order valence-corrected chi connectivity index (χ1v) is 16.2. The number of phenolic OH excluding ortho intramolecular Hbond substituents is 4. The third-order valence-corrected chi connectivity index (χ3v) is 9.79. The normalized spacial score (nSPS) is 11.6. The number of methoxy groups -OCH3 is 1. The molecule has 0 fully saturated rings. The first-order chi connectivity index (χ1) is 23.7. The maximum atomic E-state index is 11.9. The van der Waals surface area contributed by atoms with E-state index >= 15 is 0 Å². The molecule has 0 atom stereocenters. The van der Waals surface area contributed by atoms with E-state index in [1.165, 1.54) is 11.5 Å². The Balaban J connectivity index is 1.59. The molecule has 0 aromatic heterocycles. The van der Waals surface area contributed by atoms with Crippen molar-refractivity contribution in [2.75, 3.05) is 7.11 Å². The predicted octanol–water partition coefficient (Wildman–Crippen LogP) is 11.1. The van der Waals surface area contributed by atoms with Crippen molar-refractivity contribution >= 4 is 43.1 Å². The molecule has 0 saturated carbocycles. The van der Waals surface area contributed by atoms with Crippen LogP contribution in [0.15, 0.2) is 109 Å². The summed E-state index contributed by atoms with van der Waals surface area (Å²) in [7, 11) is 1.64. The largest absolute Gasteiger partial charge is 0.508 e. The summed E-state index contributed by atoms with van der Waals surface area (Å²) in [4.78, 5) is 0. The van der Waals surface area contributed by atoms with Crippen LogP contribution in [-0.4, -0.2) is 27.5 Å². The fraction of sp³-hybridized carbons (Fsp3) is 0.0909. The Morgan fingerprint density at radius 1 is 0.469 bits per heavy atom. The highest BCUT2D eigenvalue weighted by Gasteiger charge is 2.27. The van der Waals surface area contributed by atoms with Gasteiger partial charge >= 0.3 is 0 Å². The van der Waals surface area contributed by atoms with Gasteiger partial charge in [0.15, 0.2) is 11.5 Å². The van der Waals surface area contributed by atoms with Gasteiger partial charge in [-0.3, -0.25) is 0 Å². The van der Waals surface area contributed by atoms with Crippen molar-refractivity contribution in [1.82, 2.24) is 0 Å². The molecular weight excluding hydrogens is 608 g/mol. The van der Waals surface area contributed by atoms with Crippen LogP contribution in [0.3, 0.4) is 0 Å². The minimum atomic E-state index is -0.257. The second kappa shape index (κ2) is 11.2. The molecule has 4 N–H and O–H groups in total. The van der Waals surface area contributed by atoms with Crippen molar-refractivity contribution in [2.24, 2.45) is 0 Å². The van der Waals surface area contributed by atoms with E-state index in [4.69, 9.17) is 4.74 Å². The SMILES string of the molecule is COc1c(C)cc(C)c2c(-c3cc(O)cc(O)c3)c3c(C)cc(O)c(O)c3c(-c3cccc4c(-c5ccc6ccccc6c5)cccc34)c12. The number of hydrogen-bond donors (Lipinski definition) is 4. The molecule has 0 heterocycles. The van der Waals surface area contributed by atoms with Crippen LogP contribution in [0, 0.1) is 20.8 Å². The van der Waals surface area contributed by atoms with Crippen molar-refractivity contribution in [1.29, 1.82) is 0 Å². The van der Waals surface area contributed by atoms with Gasteiger partial charge in [0.25, 0.3) is 0 Å². The Labute approximate surface area is 283 Å². The number of fused-ring (bicyclic) bond motifs is 4. The quantitative estimate of drug-likeness (QED) is 0.113. The van der Waals surface area contributed by atoms with Crippen LogP contribution < -0.4 is 4.74 Å². The van der Waals surface area contributed by atoms with Crippen molar-refractivity contribution < 1.29 is 25.2 Å². The maximum absolute atomic E-state index is 11.9. The molecule has 0 saturated heterocycles. The highest BCUT2D eigenvalue weighted by molar-refractivity contribution is 6.28. The molecule has 240 valence electrons. The highest BCUT2D eigenvalue weighted by Crippen LogP contribution is 2.55. The number of aryl methyl sites for hydroxylation is 3. The Bertz CT molecular complexity index is 2650. The molecule has 5 nitrogen and oxygen atoms in total. The summed E-state index contributed by atoms with van der Waals surface area (Å²) in [6, 6.07) is 35.4. The van der Waals surface area contributed by atoms with Gasteiger partial charge in [0.1, 0.15) is 17.2 Å². The van der Waals surface area contributed by atoms with Crippen molar-refractivity contribution in [3.05, 3.63) is 126 Å². The average molecular weight is 643 g/mol. The molecule has 0 unspecified atom stereocenters. The van der Waals surface area contributed by atoms with Crippen molar-refractivity contribution in [2.45, 2.75) is 20.8 Å². The molecule has 0 aliphatic carbocycles. The maximum Gasteiger partial charge on any atom is 0.166 e.